The van der Waals surface area contributed by atoms with E-state index in [2.05, 4.69) is 11.6 Å². The van der Waals surface area contributed by atoms with E-state index in [1.807, 2.05) is 37.3 Å². The van der Waals surface area contributed by atoms with Gasteiger partial charge in [-0.1, -0.05) is 43.8 Å². The first-order chi connectivity index (χ1) is 17.0. The number of carbonyl (C=O) groups excluding carboxylic acids is 1. The number of halogens is 4. The van der Waals surface area contributed by atoms with E-state index in [4.69, 9.17) is 4.74 Å². The van der Waals surface area contributed by atoms with Crippen LogP contribution in [-0.2, 0) is 16.8 Å². The minimum atomic E-state index is -4.64. The van der Waals surface area contributed by atoms with Crippen LogP contribution in [0.25, 0.3) is 16.8 Å². The first-order valence-electron chi connectivity index (χ1n) is 11.6. The highest BCUT2D eigenvalue weighted by atomic mass is 19.4. The number of aromatic nitrogens is 1. The zero-order valence-electron chi connectivity index (χ0n) is 19.8. The standard InChI is InChI=1S/C28H26F4N2O2/c1-19(28(30,31)32)24-16-22(17-25(33-24)21-8-10-23(29)11-9-21)27(2)12-14-34(15-13-27)26(35)36-18-20-6-4-3-5-7-20/h3-11,16-17H,1,12-15,18H2,2H3. The Morgan fingerprint density at radius 2 is 1.69 bits per heavy atom. The lowest BCUT2D eigenvalue weighted by Gasteiger charge is -2.39. The molecule has 1 aromatic heterocycles. The molecule has 0 bridgehead atoms. The van der Waals surface area contributed by atoms with E-state index in [-0.39, 0.29) is 12.3 Å². The van der Waals surface area contributed by atoms with E-state index < -0.39 is 29.1 Å². The van der Waals surface area contributed by atoms with Gasteiger partial charge in [-0.25, -0.2) is 14.2 Å². The van der Waals surface area contributed by atoms with Gasteiger partial charge in [-0.05, 0) is 65.8 Å². The van der Waals surface area contributed by atoms with Gasteiger partial charge < -0.3 is 9.64 Å². The second-order valence-electron chi connectivity index (χ2n) is 9.20. The Morgan fingerprint density at radius 3 is 2.31 bits per heavy atom. The molecule has 188 valence electrons. The number of rotatable bonds is 5. The second-order valence-corrected chi connectivity index (χ2v) is 9.20. The summed E-state index contributed by atoms with van der Waals surface area (Å²) in [5.74, 6) is -0.451. The zero-order chi connectivity index (χ0) is 25.9. The van der Waals surface area contributed by atoms with Crippen molar-refractivity contribution in [1.29, 1.82) is 0 Å². The highest BCUT2D eigenvalue weighted by Crippen LogP contribution is 2.40. The fourth-order valence-electron chi connectivity index (χ4n) is 4.23. The van der Waals surface area contributed by atoms with E-state index in [0.29, 0.717) is 42.8 Å². The molecule has 1 fully saturated rings. The van der Waals surface area contributed by atoms with Crippen LogP contribution in [0.4, 0.5) is 22.4 Å². The quantitative estimate of drug-likeness (QED) is 0.351. The zero-order valence-corrected chi connectivity index (χ0v) is 19.8. The summed E-state index contributed by atoms with van der Waals surface area (Å²) < 4.78 is 59.3. The van der Waals surface area contributed by atoms with Crippen molar-refractivity contribution in [3.63, 3.8) is 0 Å². The average molecular weight is 499 g/mol. The number of likely N-dealkylation sites (tertiary alicyclic amines) is 1. The normalized spacial score (nSPS) is 15.4. The van der Waals surface area contributed by atoms with Crippen LogP contribution in [0.3, 0.4) is 0 Å². The summed E-state index contributed by atoms with van der Waals surface area (Å²) in [4.78, 5) is 18.4. The van der Waals surface area contributed by atoms with Gasteiger partial charge >= 0.3 is 12.3 Å². The van der Waals surface area contributed by atoms with Crippen LogP contribution in [0.5, 0.6) is 0 Å². The molecule has 1 amide bonds. The van der Waals surface area contributed by atoms with Crippen LogP contribution in [0.1, 0.15) is 36.6 Å². The average Bonchev–Trinajstić information content (AvgIpc) is 2.87. The fraction of sp³-hybridized carbons (Fsp3) is 0.286. The van der Waals surface area contributed by atoms with Gasteiger partial charge in [-0.15, -0.1) is 0 Å². The minimum Gasteiger partial charge on any atom is -0.445 e. The summed E-state index contributed by atoms with van der Waals surface area (Å²) in [5, 5.41) is 0. The van der Waals surface area contributed by atoms with Gasteiger partial charge in [0.25, 0.3) is 0 Å². The maximum Gasteiger partial charge on any atom is 0.417 e. The molecule has 4 nitrogen and oxygen atoms in total. The van der Waals surface area contributed by atoms with Crippen LogP contribution in [-0.4, -0.2) is 35.2 Å². The van der Waals surface area contributed by atoms with Crippen molar-refractivity contribution in [2.75, 3.05) is 13.1 Å². The Labute approximate surface area is 207 Å². The van der Waals surface area contributed by atoms with Crippen molar-refractivity contribution in [2.24, 2.45) is 0 Å². The smallest absolute Gasteiger partial charge is 0.417 e. The molecule has 3 aromatic rings. The molecular formula is C28H26F4N2O2. The Morgan fingerprint density at radius 1 is 1.06 bits per heavy atom. The molecule has 0 radical (unpaired) electrons. The summed E-state index contributed by atoms with van der Waals surface area (Å²) in [6.45, 7) is 6.14. The molecule has 36 heavy (non-hydrogen) atoms. The summed E-state index contributed by atoms with van der Waals surface area (Å²) in [5.41, 5.74) is 0.529. The van der Waals surface area contributed by atoms with E-state index in [9.17, 15) is 22.4 Å². The Balaban J connectivity index is 1.55. The first kappa shape index (κ1) is 25.4. The van der Waals surface area contributed by atoms with Gasteiger partial charge in [0.1, 0.15) is 12.4 Å². The summed E-state index contributed by atoms with van der Waals surface area (Å²) in [6.07, 6.45) is -4.01. The van der Waals surface area contributed by atoms with Crippen molar-refractivity contribution in [2.45, 2.75) is 38.0 Å². The molecule has 0 N–H and O–H groups in total. The van der Waals surface area contributed by atoms with Crippen molar-refractivity contribution in [3.05, 3.63) is 95.9 Å². The molecule has 2 aromatic carbocycles. The van der Waals surface area contributed by atoms with E-state index in [1.165, 1.54) is 30.3 Å². The number of carbonyl (C=O) groups is 1. The Hall–Kier alpha value is -3.68. The molecule has 1 saturated heterocycles. The van der Waals surface area contributed by atoms with Crippen molar-refractivity contribution >= 4 is 11.7 Å². The molecule has 1 aliphatic rings. The minimum absolute atomic E-state index is 0.168. The SMILES string of the molecule is C=C(c1cc(C2(C)CCN(C(=O)OCc3ccccc3)CC2)cc(-c2ccc(F)cc2)n1)C(F)(F)F. The number of allylic oxidation sites excluding steroid dienone is 1. The van der Waals surface area contributed by atoms with Gasteiger partial charge in [-0.3, -0.25) is 0 Å². The maximum atomic E-state index is 13.5. The number of nitrogens with zero attached hydrogens (tertiary/aromatic N) is 2. The molecule has 4 rings (SSSR count). The predicted octanol–water partition coefficient (Wildman–Crippen LogP) is 7.15. The van der Waals surface area contributed by atoms with Crippen LogP contribution in [0, 0.1) is 5.82 Å². The van der Waals surface area contributed by atoms with Crippen LogP contribution < -0.4 is 0 Å². The largest absolute Gasteiger partial charge is 0.445 e. The fourth-order valence-corrected chi connectivity index (χ4v) is 4.23. The predicted molar refractivity (Wildman–Crippen MR) is 130 cm³/mol. The molecule has 0 atom stereocenters. The molecule has 0 unspecified atom stereocenters. The number of amides is 1. The molecule has 0 saturated carbocycles. The lowest BCUT2D eigenvalue weighted by Crippen LogP contribution is -2.44. The van der Waals surface area contributed by atoms with Gasteiger partial charge in [0.2, 0.25) is 0 Å². The topological polar surface area (TPSA) is 42.4 Å². The number of piperidine rings is 1. The third-order valence-corrected chi connectivity index (χ3v) is 6.64. The lowest BCUT2D eigenvalue weighted by molar-refractivity contribution is -0.0689. The monoisotopic (exact) mass is 498 g/mol. The van der Waals surface area contributed by atoms with Gasteiger partial charge in [0.05, 0.1) is 17.0 Å². The van der Waals surface area contributed by atoms with Gasteiger partial charge in [0, 0.05) is 18.7 Å². The molecule has 1 aliphatic heterocycles. The van der Waals surface area contributed by atoms with E-state index in [0.717, 1.165) is 5.56 Å². The number of ether oxygens (including phenoxy) is 1. The number of alkyl halides is 3. The maximum absolute atomic E-state index is 13.5. The Kier molecular flexibility index (Phi) is 7.15. The summed E-state index contributed by atoms with van der Waals surface area (Å²) >= 11 is 0. The second kappa shape index (κ2) is 10.1. The Bertz CT molecular complexity index is 1230. The molecule has 0 spiro atoms. The van der Waals surface area contributed by atoms with Gasteiger partial charge in [0.15, 0.2) is 0 Å². The van der Waals surface area contributed by atoms with E-state index >= 15 is 0 Å². The highest BCUT2D eigenvalue weighted by molar-refractivity contribution is 5.70. The summed E-state index contributed by atoms with van der Waals surface area (Å²) in [7, 11) is 0. The number of hydrogen-bond donors (Lipinski definition) is 0. The van der Waals surface area contributed by atoms with Crippen molar-refractivity contribution in [3.8, 4) is 11.3 Å². The number of benzene rings is 2. The third-order valence-electron chi connectivity index (χ3n) is 6.64. The van der Waals surface area contributed by atoms with Crippen molar-refractivity contribution in [1.82, 2.24) is 9.88 Å². The highest BCUT2D eigenvalue weighted by Gasteiger charge is 2.37. The lowest BCUT2D eigenvalue weighted by atomic mass is 9.74. The molecule has 0 aliphatic carbocycles. The first-order valence-corrected chi connectivity index (χ1v) is 11.6. The van der Waals surface area contributed by atoms with Crippen molar-refractivity contribution < 1.29 is 27.1 Å². The van der Waals surface area contributed by atoms with E-state index in [1.54, 1.807) is 11.0 Å². The van der Waals surface area contributed by atoms with Crippen LogP contribution in [0.2, 0.25) is 0 Å². The van der Waals surface area contributed by atoms with Crippen LogP contribution >= 0.6 is 0 Å². The van der Waals surface area contributed by atoms with Gasteiger partial charge in [-0.2, -0.15) is 13.2 Å². The summed E-state index contributed by atoms with van der Waals surface area (Å²) in [6, 6.07) is 18.0. The third kappa shape index (κ3) is 5.75. The van der Waals surface area contributed by atoms with Crippen LogP contribution in [0.15, 0.2) is 73.3 Å². The molecular weight excluding hydrogens is 472 g/mol. The molecule has 2 heterocycles. The molecule has 8 heteroatoms. The number of pyridine rings is 1. The number of hydrogen-bond acceptors (Lipinski definition) is 3.